The maximum Gasteiger partial charge on any atom is 0.321 e. The van der Waals surface area contributed by atoms with E-state index in [2.05, 4.69) is 27.7 Å². The number of amides is 2. The van der Waals surface area contributed by atoms with E-state index in [1.165, 1.54) is 4.88 Å². The number of anilines is 1. The van der Waals surface area contributed by atoms with Crippen LogP contribution in [-0.4, -0.2) is 42.0 Å². The van der Waals surface area contributed by atoms with Crippen molar-refractivity contribution in [2.24, 2.45) is 0 Å². The second kappa shape index (κ2) is 7.13. The quantitative estimate of drug-likeness (QED) is 0.927. The van der Waals surface area contributed by atoms with Crippen LogP contribution in [0, 0.1) is 0 Å². The van der Waals surface area contributed by atoms with E-state index in [4.69, 9.17) is 11.6 Å². The highest BCUT2D eigenvalue weighted by Crippen LogP contribution is 2.17. The molecule has 0 spiro atoms. The molecule has 1 aliphatic rings. The molecule has 6 heteroatoms. The Hall–Kier alpha value is -1.56. The molecule has 0 saturated carbocycles. The molecule has 1 N–H and O–H groups in total. The summed E-state index contributed by atoms with van der Waals surface area (Å²) in [6, 6.07) is 11.4. The summed E-state index contributed by atoms with van der Waals surface area (Å²) in [5, 5.41) is 5.62. The Balaban J connectivity index is 1.49. The van der Waals surface area contributed by atoms with E-state index in [9.17, 15) is 4.79 Å². The molecule has 2 heterocycles. The summed E-state index contributed by atoms with van der Waals surface area (Å²) >= 11 is 7.71. The van der Waals surface area contributed by atoms with Crippen LogP contribution in [0.2, 0.25) is 5.02 Å². The van der Waals surface area contributed by atoms with Gasteiger partial charge in [-0.15, -0.1) is 11.3 Å². The maximum atomic E-state index is 12.3. The third-order valence-corrected chi connectivity index (χ3v) is 4.79. The van der Waals surface area contributed by atoms with Gasteiger partial charge in [-0.2, -0.15) is 0 Å². The van der Waals surface area contributed by atoms with Gasteiger partial charge in [0.05, 0.1) is 0 Å². The molecule has 0 unspecified atom stereocenters. The number of rotatable bonds is 3. The van der Waals surface area contributed by atoms with Gasteiger partial charge in [0.15, 0.2) is 0 Å². The number of carbonyl (C=O) groups is 1. The fourth-order valence-electron chi connectivity index (χ4n) is 2.50. The molecule has 0 bridgehead atoms. The number of hydrogen-bond acceptors (Lipinski definition) is 3. The second-order valence-corrected chi connectivity index (χ2v) is 6.75. The van der Waals surface area contributed by atoms with Crippen LogP contribution in [0.1, 0.15) is 4.88 Å². The summed E-state index contributed by atoms with van der Waals surface area (Å²) in [7, 11) is 0. The first-order chi connectivity index (χ1) is 10.7. The predicted octanol–water partition coefficient (Wildman–Crippen LogP) is 3.75. The number of benzene rings is 1. The number of nitrogens with zero attached hydrogens (tertiary/aromatic N) is 2. The lowest BCUT2D eigenvalue weighted by molar-refractivity contribution is 0.143. The summed E-state index contributed by atoms with van der Waals surface area (Å²) in [6.45, 7) is 4.28. The van der Waals surface area contributed by atoms with Gasteiger partial charge < -0.3 is 10.2 Å². The first-order valence-corrected chi connectivity index (χ1v) is 8.53. The molecule has 0 aliphatic carbocycles. The maximum absolute atomic E-state index is 12.3. The number of thiophene rings is 1. The van der Waals surface area contributed by atoms with Crippen LogP contribution >= 0.6 is 22.9 Å². The zero-order valence-electron chi connectivity index (χ0n) is 12.2. The average Bonchev–Trinajstić information content (AvgIpc) is 3.01. The van der Waals surface area contributed by atoms with E-state index < -0.39 is 0 Å². The van der Waals surface area contributed by atoms with E-state index in [0.29, 0.717) is 5.02 Å². The zero-order chi connectivity index (χ0) is 15.4. The van der Waals surface area contributed by atoms with Gasteiger partial charge in [-0.25, -0.2) is 4.79 Å². The first-order valence-electron chi connectivity index (χ1n) is 7.27. The lowest BCUT2D eigenvalue weighted by atomic mass is 10.3. The molecule has 0 radical (unpaired) electrons. The summed E-state index contributed by atoms with van der Waals surface area (Å²) in [5.74, 6) is 0. The molecule has 2 aromatic rings. The Morgan fingerprint density at radius 1 is 1.18 bits per heavy atom. The molecule has 1 aliphatic heterocycles. The van der Waals surface area contributed by atoms with Crippen molar-refractivity contribution < 1.29 is 4.79 Å². The highest BCUT2D eigenvalue weighted by Gasteiger charge is 2.21. The van der Waals surface area contributed by atoms with Crippen molar-refractivity contribution in [1.82, 2.24) is 9.80 Å². The SMILES string of the molecule is O=C(Nc1cccc(Cl)c1)N1CCN(Cc2cccs2)CC1. The van der Waals surface area contributed by atoms with Crippen molar-refractivity contribution in [3.8, 4) is 0 Å². The summed E-state index contributed by atoms with van der Waals surface area (Å²) in [6.07, 6.45) is 0. The summed E-state index contributed by atoms with van der Waals surface area (Å²) in [5.41, 5.74) is 0.735. The normalized spacial score (nSPS) is 15.8. The van der Waals surface area contributed by atoms with E-state index in [1.54, 1.807) is 23.5 Å². The Labute approximate surface area is 139 Å². The molecule has 1 aromatic heterocycles. The number of carbonyl (C=O) groups excluding carboxylic acids is 1. The third-order valence-electron chi connectivity index (χ3n) is 3.69. The number of halogens is 1. The monoisotopic (exact) mass is 335 g/mol. The minimum Gasteiger partial charge on any atom is -0.322 e. The van der Waals surface area contributed by atoms with Crippen molar-refractivity contribution in [3.05, 3.63) is 51.7 Å². The first kappa shape index (κ1) is 15.3. The van der Waals surface area contributed by atoms with Gasteiger partial charge in [-0.05, 0) is 29.6 Å². The van der Waals surface area contributed by atoms with Crippen LogP contribution in [0.5, 0.6) is 0 Å². The van der Waals surface area contributed by atoms with Crippen LogP contribution in [0.15, 0.2) is 41.8 Å². The zero-order valence-corrected chi connectivity index (χ0v) is 13.7. The molecule has 1 aromatic carbocycles. The van der Waals surface area contributed by atoms with Crippen LogP contribution in [0.3, 0.4) is 0 Å². The molecule has 2 amide bonds. The molecule has 0 atom stereocenters. The molecule has 116 valence electrons. The highest BCUT2D eigenvalue weighted by atomic mass is 35.5. The van der Waals surface area contributed by atoms with Crippen molar-refractivity contribution in [1.29, 1.82) is 0 Å². The number of urea groups is 1. The van der Waals surface area contributed by atoms with Crippen molar-refractivity contribution >= 4 is 34.7 Å². The number of hydrogen-bond donors (Lipinski definition) is 1. The van der Waals surface area contributed by atoms with Crippen LogP contribution < -0.4 is 5.32 Å². The lowest BCUT2D eigenvalue weighted by Gasteiger charge is -2.34. The predicted molar refractivity (Wildman–Crippen MR) is 91.6 cm³/mol. The third kappa shape index (κ3) is 4.00. The standard InChI is InChI=1S/C16H18ClN3OS/c17-13-3-1-4-14(11-13)18-16(21)20-8-6-19(7-9-20)12-15-5-2-10-22-15/h1-5,10-11H,6-9,12H2,(H,18,21). The second-order valence-electron chi connectivity index (χ2n) is 5.28. The molecule has 4 nitrogen and oxygen atoms in total. The molecule has 22 heavy (non-hydrogen) atoms. The number of nitrogens with one attached hydrogen (secondary N) is 1. The molecular weight excluding hydrogens is 318 g/mol. The van der Waals surface area contributed by atoms with Gasteiger partial charge in [-0.3, -0.25) is 4.90 Å². The Morgan fingerprint density at radius 3 is 2.68 bits per heavy atom. The van der Waals surface area contributed by atoms with Crippen molar-refractivity contribution in [2.45, 2.75) is 6.54 Å². The van der Waals surface area contributed by atoms with Gasteiger partial charge in [0.2, 0.25) is 0 Å². The fourth-order valence-corrected chi connectivity index (χ4v) is 3.44. The van der Waals surface area contributed by atoms with E-state index in [0.717, 1.165) is 38.4 Å². The Morgan fingerprint density at radius 2 is 2.00 bits per heavy atom. The minimum absolute atomic E-state index is 0.0574. The Bertz CT molecular complexity index is 624. The van der Waals surface area contributed by atoms with Crippen LogP contribution in [0.25, 0.3) is 0 Å². The van der Waals surface area contributed by atoms with Gasteiger partial charge in [0.1, 0.15) is 0 Å². The van der Waals surface area contributed by atoms with Gasteiger partial charge in [0.25, 0.3) is 0 Å². The minimum atomic E-state index is -0.0574. The van der Waals surface area contributed by atoms with Crippen molar-refractivity contribution in [3.63, 3.8) is 0 Å². The Kier molecular flexibility index (Phi) is 4.97. The smallest absolute Gasteiger partial charge is 0.321 e. The summed E-state index contributed by atoms with van der Waals surface area (Å²) in [4.78, 5) is 17.9. The fraction of sp³-hybridized carbons (Fsp3) is 0.312. The van der Waals surface area contributed by atoms with E-state index in [1.807, 2.05) is 17.0 Å². The van der Waals surface area contributed by atoms with Gasteiger partial charge in [-0.1, -0.05) is 23.7 Å². The topological polar surface area (TPSA) is 35.6 Å². The number of piperazine rings is 1. The van der Waals surface area contributed by atoms with Crippen LogP contribution in [-0.2, 0) is 6.54 Å². The molecule has 1 fully saturated rings. The molecular formula is C16H18ClN3OS. The highest BCUT2D eigenvalue weighted by molar-refractivity contribution is 7.09. The van der Waals surface area contributed by atoms with E-state index >= 15 is 0 Å². The van der Waals surface area contributed by atoms with Gasteiger partial charge in [0, 0.05) is 48.3 Å². The van der Waals surface area contributed by atoms with Crippen LogP contribution in [0.4, 0.5) is 10.5 Å². The van der Waals surface area contributed by atoms with E-state index in [-0.39, 0.29) is 6.03 Å². The molecule has 1 saturated heterocycles. The van der Waals surface area contributed by atoms with Gasteiger partial charge >= 0.3 is 6.03 Å². The average molecular weight is 336 g/mol. The lowest BCUT2D eigenvalue weighted by Crippen LogP contribution is -2.49. The summed E-state index contributed by atoms with van der Waals surface area (Å²) < 4.78 is 0. The largest absolute Gasteiger partial charge is 0.322 e. The molecule has 3 rings (SSSR count). The van der Waals surface area contributed by atoms with Crippen molar-refractivity contribution in [2.75, 3.05) is 31.5 Å².